The Morgan fingerprint density at radius 3 is 2.20 bits per heavy atom. The van der Waals surface area contributed by atoms with Crippen molar-refractivity contribution in [1.29, 1.82) is 0 Å². The Hall–Kier alpha value is -1.47. The molecule has 2 aromatic heterocycles. The van der Waals surface area contributed by atoms with E-state index in [0.717, 1.165) is 11.0 Å². The van der Waals surface area contributed by atoms with Crippen molar-refractivity contribution in [2.75, 3.05) is 0 Å². The Balaban J connectivity index is 0.000000124. The number of hydrogen-bond acceptors (Lipinski definition) is 6. The average Bonchev–Trinajstić information content (AvgIpc) is 2.88. The Labute approximate surface area is 95.1 Å². The first-order valence-corrected chi connectivity index (χ1v) is 5.36. The summed E-state index contributed by atoms with van der Waals surface area (Å²) in [5, 5.41) is 16.3. The molecule has 0 saturated carbocycles. The molecule has 0 radical (unpaired) electrons. The zero-order chi connectivity index (χ0) is 10.5. The molecule has 1 N–H and O–H groups in total. The van der Waals surface area contributed by atoms with Crippen molar-refractivity contribution >= 4 is 35.2 Å². The highest BCUT2D eigenvalue weighted by Gasteiger charge is 1.90. The van der Waals surface area contributed by atoms with Gasteiger partial charge in [0.15, 0.2) is 0 Å². The van der Waals surface area contributed by atoms with Gasteiger partial charge in [-0.3, -0.25) is 0 Å². The van der Waals surface area contributed by atoms with Crippen LogP contribution in [0, 0.1) is 0 Å². The number of thiol groups is 1. The van der Waals surface area contributed by atoms with Crippen LogP contribution in [0.15, 0.2) is 34.7 Å². The summed E-state index contributed by atoms with van der Waals surface area (Å²) in [6, 6.07) is 7.70. The number of aromatic amines is 1. The molecule has 0 aliphatic heterocycles. The number of H-pyrrole nitrogens is 1. The fourth-order valence-electron chi connectivity index (χ4n) is 0.946. The molecular weight excluding hydrogens is 230 g/mol. The third kappa shape index (κ3) is 2.74. The standard InChI is InChI=1S/C6H5N3.C2H2N2S2/c1-2-4-6-5(3-1)7-9-8-6;5-2-1-6-4-3-2/h1-4H,(H,7,8,9);1,5H. The van der Waals surface area contributed by atoms with Crippen molar-refractivity contribution in [3.63, 3.8) is 0 Å². The number of nitrogens with zero attached hydrogens (tertiary/aromatic N) is 4. The quantitative estimate of drug-likeness (QED) is 0.585. The molecule has 2 heterocycles. The third-order valence-electron chi connectivity index (χ3n) is 1.57. The van der Waals surface area contributed by atoms with Crippen molar-refractivity contribution in [1.82, 2.24) is 25.0 Å². The van der Waals surface area contributed by atoms with E-state index in [1.807, 2.05) is 24.3 Å². The van der Waals surface area contributed by atoms with Gasteiger partial charge >= 0.3 is 0 Å². The van der Waals surface area contributed by atoms with Gasteiger partial charge in [0.05, 0.1) is 0 Å². The fourth-order valence-corrected chi connectivity index (χ4v) is 1.52. The Morgan fingerprint density at radius 1 is 1.13 bits per heavy atom. The molecule has 0 unspecified atom stereocenters. The highest BCUT2D eigenvalue weighted by atomic mass is 32.1. The average molecular weight is 237 g/mol. The number of aromatic nitrogens is 5. The molecule has 0 bridgehead atoms. The van der Waals surface area contributed by atoms with E-state index in [1.54, 1.807) is 5.38 Å². The normalized spacial score (nSPS) is 9.67. The maximum absolute atomic E-state index is 3.88. The van der Waals surface area contributed by atoms with Gasteiger partial charge in [-0.2, -0.15) is 15.4 Å². The summed E-state index contributed by atoms with van der Waals surface area (Å²) in [5.41, 5.74) is 1.83. The van der Waals surface area contributed by atoms with E-state index in [0.29, 0.717) is 5.03 Å². The monoisotopic (exact) mass is 237 g/mol. The first kappa shape index (κ1) is 10.1. The second-order valence-electron chi connectivity index (χ2n) is 2.58. The molecule has 0 aliphatic rings. The lowest BCUT2D eigenvalue weighted by molar-refractivity contribution is 0.959. The largest absolute Gasteiger partial charge is 0.197 e. The van der Waals surface area contributed by atoms with Crippen LogP contribution in [-0.2, 0) is 0 Å². The van der Waals surface area contributed by atoms with E-state index in [2.05, 4.69) is 37.6 Å². The van der Waals surface area contributed by atoms with Crippen LogP contribution < -0.4 is 0 Å². The van der Waals surface area contributed by atoms with Crippen LogP contribution in [0.1, 0.15) is 0 Å². The first-order valence-electron chi connectivity index (χ1n) is 4.08. The van der Waals surface area contributed by atoms with Crippen LogP contribution in [0.2, 0.25) is 0 Å². The highest BCUT2D eigenvalue weighted by Crippen LogP contribution is 2.03. The van der Waals surface area contributed by atoms with Gasteiger partial charge in [0.1, 0.15) is 16.1 Å². The number of para-hydroxylation sites is 2. The second kappa shape index (κ2) is 4.85. The predicted octanol–water partition coefficient (Wildman–Crippen LogP) is 1.78. The van der Waals surface area contributed by atoms with Crippen LogP contribution in [-0.4, -0.2) is 25.0 Å². The number of hydrogen-bond donors (Lipinski definition) is 2. The molecule has 0 fully saturated rings. The molecular formula is C8H7N5S2. The van der Waals surface area contributed by atoms with Gasteiger partial charge in [-0.05, 0) is 23.7 Å². The van der Waals surface area contributed by atoms with E-state index in [9.17, 15) is 0 Å². The van der Waals surface area contributed by atoms with Crippen LogP contribution in [0.25, 0.3) is 11.0 Å². The molecule has 7 heteroatoms. The summed E-state index contributed by atoms with van der Waals surface area (Å²) in [6.45, 7) is 0. The van der Waals surface area contributed by atoms with Crippen molar-refractivity contribution in [3.05, 3.63) is 29.6 Å². The molecule has 76 valence electrons. The van der Waals surface area contributed by atoms with Gasteiger partial charge in [0, 0.05) is 5.38 Å². The minimum absolute atomic E-state index is 0.694. The van der Waals surface area contributed by atoms with E-state index in [-0.39, 0.29) is 0 Å². The van der Waals surface area contributed by atoms with E-state index in [1.165, 1.54) is 11.5 Å². The molecule has 0 spiro atoms. The zero-order valence-electron chi connectivity index (χ0n) is 7.53. The molecule has 1 aromatic carbocycles. The number of fused-ring (bicyclic) bond motifs is 1. The SMILES string of the molecule is Sc1csnn1.c1ccc2n[nH]nc2c1. The number of benzene rings is 1. The molecule has 0 aliphatic carbocycles. The summed E-state index contributed by atoms with van der Waals surface area (Å²) < 4.78 is 3.54. The van der Waals surface area contributed by atoms with Crippen molar-refractivity contribution < 1.29 is 0 Å². The topological polar surface area (TPSA) is 67.3 Å². The predicted molar refractivity (Wildman–Crippen MR) is 61.0 cm³/mol. The lowest BCUT2D eigenvalue weighted by Gasteiger charge is -1.78. The number of rotatable bonds is 0. The van der Waals surface area contributed by atoms with E-state index >= 15 is 0 Å². The summed E-state index contributed by atoms with van der Waals surface area (Å²) in [6.07, 6.45) is 0. The second-order valence-corrected chi connectivity index (χ2v) is 3.64. The molecule has 5 nitrogen and oxygen atoms in total. The highest BCUT2D eigenvalue weighted by molar-refractivity contribution is 7.80. The molecule has 3 aromatic rings. The minimum Gasteiger partial charge on any atom is -0.197 e. The van der Waals surface area contributed by atoms with E-state index < -0.39 is 0 Å². The van der Waals surface area contributed by atoms with Crippen LogP contribution in [0.5, 0.6) is 0 Å². The van der Waals surface area contributed by atoms with Gasteiger partial charge in [-0.25, -0.2) is 0 Å². The molecule has 0 saturated heterocycles. The first-order chi connectivity index (χ1) is 7.36. The summed E-state index contributed by atoms with van der Waals surface area (Å²) >= 11 is 5.17. The minimum atomic E-state index is 0.694. The lowest BCUT2D eigenvalue weighted by atomic mass is 10.3. The van der Waals surface area contributed by atoms with Crippen LogP contribution >= 0.6 is 24.2 Å². The van der Waals surface area contributed by atoms with Crippen molar-refractivity contribution in [3.8, 4) is 0 Å². The zero-order valence-corrected chi connectivity index (χ0v) is 9.24. The van der Waals surface area contributed by atoms with Crippen LogP contribution in [0.4, 0.5) is 0 Å². The van der Waals surface area contributed by atoms with E-state index in [4.69, 9.17) is 0 Å². The van der Waals surface area contributed by atoms with Gasteiger partial charge in [0.25, 0.3) is 0 Å². The van der Waals surface area contributed by atoms with Crippen molar-refractivity contribution in [2.24, 2.45) is 0 Å². The van der Waals surface area contributed by atoms with Gasteiger partial charge in [-0.15, -0.1) is 17.7 Å². The van der Waals surface area contributed by atoms with Gasteiger partial charge in [0.2, 0.25) is 0 Å². The maximum atomic E-state index is 3.88. The Morgan fingerprint density at radius 2 is 1.80 bits per heavy atom. The Kier molecular flexibility index (Phi) is 3.25. The van der Waals surface area contributed by atoms with Gasteiger partial charge in [-0.1, -0.05) is 16.6 Å². The fraction of sp³-hybridized carbons (Fsp3) is 0. The van der Waals surface area contributed by atoms with Gasteiger partial charge < -0.3 is 0 Å². The summed E-state index contributed by atoms with van der Waals surface area (Å²) in [4.78, 5) is 0. The third-order valence-corrected chi connectivity index (χ3v) is 2.47. The smallest absolute Gasteiger partial charge is 0.128 e. The maximum Gasteiger partial charge on any atom is 0.128 e. The Bertz CT molecular complexity index is 488. The van der Waals surface area contributed by atoms with Crippen LogP contribution in [0.3, 0.4) is 0 Å². The lowest BCUT2D eigenvalue weighted by Crippen LogP contribution is -1.63. The number of nitrogens with one attached hydrogen (secondary N) is 1. The molecule has 3 rings (SSSR count). The molecule has 15 heavy (non-hydrogen) atoms. The molecule has 0 atom stereocenters. The summed E-state index contributed by atoms with van der Waals surface area (Å²) in [7, 11) is 0. The van der Waals surface area contributed by atoms with Crippen molar-refractivity contribution in [2.45, 2.75) is 5.03 Å². The molecule has 0 amide bonds. The summed E-state index contributed by atoms with van der Waals surface area (Å²) in [5.74, 6) is 0.